The van der Waals surface area contributed by atoms with Crippen LogP contribution in [0.4, 0.5) is 0 Å². The first-order chi connectivity index (χ1) is 9.86. The molecule has 1 saturated heterocycles. The molecule has 1 aliphatic heterocycles. The Morgan fingerprint density at radius 2 is 1.95 bits per heavy atom. The summed E-state index contributed by atoms with van der Waals surface area (Å²) < 4.78 is 32.1. The zero-order valence-corrected chi connectivity index (χ0v) is 13.7. The van der Waals surface area contributed by atoms with Gasteiger partial charge in [0.1, 0.15) is 5.75 Å². The standard InChI is InChI=1S/C15H24N2O3S/c1-11-10-14(4-5-15(11)20-3)21(18,19)17-8-6-13(7-9-17)12(2)16/h4-5,10,12-13H,6-9,16H2,1-3H3. The fraction of sp³-hybridized carbons (Fsp3) is 0.600. The Balaban J connectivity index is 2.17. The van der Waals surface area contributed by atoms with Crippen molar-refractivity contribution in [3.05, 3.63) is 23.8 Å². The zero-order valence-electron chi connectivity index (χ0n) is 12.9. The van der Waals surface area contributed by atoms with E-state index in [0.717, 1.165) is 18.4 Å². The lowest BCUT2D eigenvalue weighted by Gasteiger charge is -2.33. The molecule has 1 aromatic carbocycles. The Morgan fingerprint density at radius 3 is 2.43 bits per heavy atom. The summed E-state index contributed by atoms with van der Waals surface area (Å²) in [5.74, 6) is 1.11. The number of methoxy groups -OCH3 is 1. The van der Waals surface area contributed by atoms with E-state index >= 15 is 0 Å². The van der Waals surface area contributed by atoms with Crippen LogP contribution < -0.4 is 10.5 Å². The van der Waals surface area contributed by atoms with Gasteiger partial charge in [-0.25, -0.2) is 8.42 Å². The molecule has 1 unspecified atom stereocenters. The van der Waals surface area contributed by atoms with Crippen LogP contribution in [-0.2, 0) is 10.0 Å². The third-order valence-corrected chi connectivity index (χ3v) is 6.14. The van der Waals surface area contributed by atoms with Gasteiger partial charge >= 0.3 is 0 Å². The lowest BCUT2D eigenvalue weighted by molar-refractivity contribution is 0.250. The van der Waals surface area contributed by atoms with E-state index in [0.29, 0.717) is 29.7 Å². The summed E-state index contributed by atoms with van der Waals surface area (Å²) >= 11 is 0. The Bertz CT molecular complexity index is 591. The van der Waals surface area contributed by atoms with E-state index in [1.54, 1.807) is 29.6 Å². The third-order valence-electron chi connectivity index (χ3n) is 4.25. The average molecular weight is 312 g/mol. The smallest absolute Gasteiger partial charge is 0.243 e. The van der Waals surface area contributed by atoms with Gasteiger partial charge in [0.2, 0.25) is 10.0 Å². The molecule has 1 aliphatic rings. The molecule has 1 aromatic rings. The summed E-state index contributed by atoms with van der Waals surface area (Å²) in [5, 5.41) is 0. The van der Waals surface area contributed by atoms with Crippen molar-refractivity contribution in [2.75, 3.05) is 20.2 Å². The normalized spacial score (nSPS) is 19.4. The van der Waals surface area contributed by atoms with Crippen LogP contribution in [0.25, 0.3) is 0 Å². The highest BCUT2D eigenvalue weighted by molar-refractivity contribution is 7.89. The number of benzene rings is 1. The van der Waals surface area contributed by atoms with Crippen molar-refractivity contribution in [2.24, 2.45) is 11.7 Å². The quantitative estimate of drug-likeness (QED) is 0.919. The van der Waals surface area contributed by atoms with Crippen LogP contribution in [-0.4, -0.2) is 39.0 Å². The lowest BCUT2D eigenvalue weighted by atomic mass is 9.92. The van der Waals surface area contributed by atoms with Gasteiger partial charge in [-0.2, -0.15) is 4.31 Å². The average Bonchev–Trinajstić information content (AvgIpc) is 2.47. The second-order valence-electron chi connectivity index (χ2n) is 5.73. The van der Waals surface area contributed by atoms with Gasteiger partial charge in [0.05, 0.1) is 12.0 Å². The molecule has 0 saturated carbocycles. The van der Waals surface area contributed by atoms with Crippen LogP contribution in [0.3, 0.4) is 0 Å². The molecule has 0 aromatic heterocycles. The summed E-state index contributed by atoms with van der Waals surface area (Å²) in [4.78, 5) is 0.333. The Kier molecular flexibility index (Phi) is 4.91. The van der Waals surface area contributed by atoms with E-state index < -0.39 is 10.0 Å². The Hall–Kier alpha value is -1.11. The number of rotatable bonds is 4. The van der Waals surface area contributed by atoms with E-state index in [1.165, 1.54) is 0 Å². The van der Waals surface area contributed by atoms with Gasteiger partial charge in [-0.15, -0.1) is 0 Å². The molecular formula is C15H24N2O3S. The van der Waals surface area contributed by atoms with Crippen molar-refractivity contribution in [1.29, 1.82) is 0 Å². The van der Waals surface area contributed by atoms with Gasteiger partial charge in [0.15, 0.2) is 0 Å². The highest BCUT2D eigenvalue weighted by Gasteiger charge is 2.30. The summed E-state index contributed by atoms with van der Waals surface area (Å²) in [5.41, 5.74) is 6.73. The maximum atomic E-state index is 12.7. The van der Waals surface area contributed by atoms with Gasteiger partial charge < -0.3 is 10.5 Å². The predicted octanol–water partition coefficient (Wildman–Crippen LogP) is 1.75. The number of hydrogen-bond acceptors (Lipinski definition) is 4. The molecule has 0 amide bonds. The van der Waals surface area contributed by atoms with Crippen molar-refractivity contribution in [3.63, 3.8) is 0 Å². The van der Waals surface area contributed by atoms with E-state index in [4.69, 9.17) is 10.5 Å². The summed E-state index contributed by atoms with van der Waals surface area (Å²) in [6.45, 7) is 4.92. The van der Waals surface area contributed by atoms with E-state index in [-0.39, 0.29) is 6.04 Å². The van der Waals surface area contributed by atoms with Crippen LogP contribution >= 0.6 is 0 Å². The van der Waals surface area contributed by atoms with E-state index in [1.807, 2.05) is 13.8 Å². The minimum absolute atomic E-state index is 0.123. The topological polar surface area (TPSA) is 72.6 Å². The first kappa shape index (κ1) is 16.3. The lowest BCUT2D eigenvalue weighted by Crippen LogP contribution is -2.42. The molecular weight excluding hydrogens is 288 g/mol. The highest BCUT2D eigenvalue weighted by atomic mass is 32.2. The minimum atomic E-state index is -3.42. The molecule has 1 fully saturated rings. The molecule has 0 aliphatic carbocycles. The molecule has 6 heteroatoms. The highest BCUT2D eigenvalue weighted by Crippen LogP contribution is 2.27. The molecule has 118 valence electrons. The number of nitrogens with zero attached hydrogens (tertiary/aromatic N) is 1. The SMILES string of the molecule is COc1ccc(S(=O)(=O)N2CCC(C(C)N)CC2)cc1C. The number of sulfonamides is 1. The maximum Gasteiger partial charge on any atom is 0.243 e. The van der Waals surface area contributed by atoms with Crippen molar-refractivity contribution in [2.45, 2.75) is 37.6 Å². The first-order valence-electron chi connectivity index (χ1n) is 7.26. The Morgan fingerprint density at radius 1 is 1.33 bits per heavy atom. The summed E-state index contributed by atoms with van der Waals surface area (Å²) in [7, 11) is -1.84. The van der Waals surface area contributed by atoms with Crippen molar-refractivity contribution in [3.8, 4) is 5.75 Å². The Labute approximate surface area is 127 Å². The van der Waals surface area contributed by atoms with Crippen LogP contribution in [0.5, 0.6) is 5.75 Å². The molecule has 5 nitrogen and oxygen atoms in total. The second kappa shape index (κ2) is 6.34. The van der Waals surface area contributed by atoms with E-state index in [9.17, 15) is 8.42 Å². The predicted molar refractivity (Wildman–Crippen MR) is 82.9 cm³/mol. The fourth-order valence-corrected chi connectivity index (χ4v) is 4.36. The molecule has 0 radical (unpaired) electrons. The van der Waals surface area contributed by atoms with Crippen LogP contribution in [0, 0.1) is 12.8 Å². The first-order valence-corrected chi connectivity index (χ1v) is 8.70. The molecule has 2 rings (SSSR count). The van der Waals surface area contributed by atoms with Gasteiger partial charge in [-0.05, 0) is 56.4 Å². The molecule has 1 atom stereocenters. The van der Waals surface area contributed by atoms with Crippen molar-refractivity contribution < 1.29 is 13.2 Å². The van der Waals surface area contributed by atoms with Crippen LogP contribution in [0.1, 0.15) is 25.3 Å². The van der Waals surface area contributed by atoms with E-state index in [2.05, 4.69) is 0 Å². The monoisotopic (exact) mass is 312 g/mol. The number of piperidine rings is 1. The van der Waals surface area contributed by atoms with Crippen molar-refractivity contribution in [1.82, 2.24) is 4.31 Å². The zero-order chi connectivity index (χ0) is 15.6. The van der Waals surface area contributed by atoms with Gasteiger partial charge in [-0.1, -0.05) is 0 Å². The number of hydrogen-bond donors (Lipinski definition) is 1. The van der Waals surface area contributed by atoms with Gasteiger partial charge in [0, 0.05) is 19.1 Å². The number of aryl methyl sites for hydroxylation is 1. The minimum Gasteiger partial charge on any atom is -0.496 e. The summed E-state index contributed by atoms with van der Waals surface area (Å²) in [6, 6.07) is 5.11. The molecule has 2 N–H and O–H groups in total. The van der Waals surface area contributed by atoms with Gasteiger partial charge in [0.25, 0.3) is 0 Å². The van der Waals surface area contributed by atoms with Crippen molar-refractivity contribution >= 4 is 10.0 Å². The van der Waals surface area contributed by atoms with Crippen LogP contribution in [0.15, 0.2) is 23.1 Å². The fourth-order valence-electron chi connectivity index (χ4n) is 2.80. The second-order valence-corrected chi connectivity index (χ2v) is 7.67. The van der Waals surface area contributed by atoms with Crippen LogP contribution in [0.2, 0.25) is 0 Å². The maximum absolute atomic E-state index is 12.7. The molecule has 0 bridgehead atoms. The van der Waals surface area contributed by atoms with Gasteiger partial charge in [-0.3, -0.25) is 0 Å². The number of ether oxygens (including phenoxy) is 1. The largest absolute Gasteiger partial charge is 0.496 e. The third kappa shape index (κ3) is 3.39. The molecule has 1 heterocycles. The molecule has 0 spiro atoms. The summed E-state index contributed by atoms with van der Waals surface area (Å²) in [6.07, 6.45) is 1.65. The number of nitrogens with two attached hydrogens (primary N) is 1. The molecule has 21 heavy (non-hydrogen) atoms.